The Morgan fingerprint density at radius 2 is 2.06 bits per heavy atom. The minimum Gasteiger partial charge on any atom is -0.497 e. The summed E-state index contributed by atoms with van der Waals surface area (Å²) >= 11 is 0. The summed E-state index contributed by atoms with van der Waals surface area (Å²) in [6, 6.07) is 7.60. The van der Waals surface area contributed by atoms with Gasteiger partial charge in [0.05, 0.1) is 7.11 Å². The molecule has 1 fully saturated rings. The third-order valence-corrected chi connectivity index (χ3v) is 2.89. The van der Waals surface area contributed by atoms with Gasteiger partial charge in [0.2, 0.25) is 0 Å². The predicted octanol–water partition coefficient (Wildman–Crippen LogP) is 2.04. The second-order valence-corrected chi connectivity index (χ2v) is 4.03. The van der Waals surface area contributed by atoms with Crippen LogP contribution >= 0.6 is 0 Å². The lowest BCUT2D eigenvalue weighted by Crippen LogP contribution is -2.43. The van der Waals surface area contributed by atoms with Gasteiger partial charge in [0, 0.05) is 13.0 Å². The van der Waals surface area contributed by atoms with Gasteiger partial charge in [-0.3, -0.25) is 0 Å². The molecule has 0 aliphatic carbocycles. The summed E-state index contributed by atoms with van der Waals surface area (Å²) in [6.07, 6.45) is 0.412. The first-order valence-electron chi connectivity index (χ1n) is 5.25. The van der Waals surface area contributed by atoms with E-state index in [1.807, 2.05) is 31.2 Å². The molecule has 0 bridgehead atoms. The van der Waals surface area contributed by atoms with Crippen LogP contribution in [0.25, 0.3) is 0 Å². The van der Waals surface area contributed by atoms with E-state index in [1.165, 1.54) is 0 Å². The Morgan fingerprint density at radius 3 is 2.62 bits per heavy atom. The number of cyclic esters (lactones) is 1. The molecule has 2 rings (SSSR count). The minimum absolute atomic E-state index is 0.357. The molecule has 1 aromatic rings. The Labute approximate surface area is 94.6 Å². The van der Waals surface area contributed by atoms with Gasteiger partial charge in [-0.1, -0.05) is 12.1 Å². The lowest BCUT2D eigenvalue weighted by Gasteiger charge is -2.34. The van der Waals surface area contributed by atoms with Crippen molar-refractivity contribution in [2.75, 3.05) is 13.7 Å². The zero-order valence-electron chi connectivity index (χ0n) is 9.45. The van der Waals surface area contributed by atoms with Gasteiger partial charge in [-0.15, -0.1) is 0 Å². The molecule has 1 unspecified atom stereocenters. The number of benzene rings is 1. The molecule has 86 valence electrons. The van der Waals surface area contributed by atoms with Crippen LogP contribution in [0.4, 0.5) is 4.79 Å². The first-order chi connectivity index (χ1) is 7.64. The second kappa shape index (κ2) is 4.04. The van der Waals surface area contributed by atoms with E-state index in [-0.39, 0.29) is 6.09 Å². The van der Waals surface area contributed by atoms with Crippen LogP contribution in [-0.2, 0) is 10.3 Å². The van der Waals surface area contributed by atoms with Crippen LogP contribution in [0.1, 0.15) is 18.9 Å². The molecular formula is C12H15NO3. The molecule has 1 aliphatic rings. The molecule has 4 heteroatoms. The third-order valence-electron chi connectivity index (χ3n) is 2.89. The van der Waals surface area contributed by atoms with Crippen LogP contribution in [0.15, 0.2) is 24.3 Å². The number of hydrogen-bond acceptors (Lipinski definition) is 3. The normalized spacial score (nSPS) is 24.5. The molecule has 1 saturated heterocycles. The maximum Gasteiger partial charge on any atom is 0.408 e. The molecule has 1 heterocycles. The molecule has 1 N–H and O–H groups in total. The van der Waals surface area contributed by atoms with Gasteiger partial charge in [0.25, 0.3) is 0 Å². The van der Waals surface area contributed by atoms with Crippen molar-refractivity contribution in [1.29, 1.82) is 0 Å². The van der Waals surface area contributed by atoms with E-state index < -0.39 is 5.60 Å². The van der Waals surface area contributed by atoms with Gasteiger partial charge >= 0.3 is 6.09 Å². The second-order valence-electron chi connectivity index (χ2n) is 4.03. The predicted molar refractivity (Wildman–Crippen MR) is 59.4 cm³/mol. The van der Waals surface area contributed by atoms with Gasteiger partial charge < -0.3 is 14.8 Å². The number of amides is 1. The molecule has 16 heavy (non-hydrogen) atoms. The fourth-order valence-electron chi connectivity index (χ4n) is 1.84. The van der Waals surface area contributed by atoms with Crippen molar-refractivity contribution < 1.29 is 14.3 Å². The standard InChI is InChI=1S/C12H15NO3/c1-12(7-8-13-11(14)16-12)9-3-5-10(15-2)6-4-9/h3-6H,7-8H2,1-2H3,(H,13,14). The first kappa shape index (κ1) is 10.8. The van der Waals surface area contributed by atoms with Gasteiger partial charge in [-0.25, -0.2) is 4.79 Å². The zero-order chi connectivity index (χ0) is 11.6. The summed E-state index contributed by atoms with van der Waals surface area (Å²) in [5, 5.41) is 2.64. The number of carbonyl (C=O) groups excluding carboxylic acids is 1. The van der Waals surface area contributed by atoms with Crippen LogP contribution in [-0.4, -0.2) is 19.7 Å². The maximum absolute atomic E-state index is 11.2. The average molecular weight is 221 g/mol. The fourth-order valence-corrected chi connectivity index (χ4v) is 1.84. The maximum atomic E-state index is 11.2. The summed E-state index contributed by atoms with van der Waals surface area (Å²) in [5.74, 6) is 0.799. The monoisotopic (exact) mass is 221 g/mol. The highest BCUT2D eigenvalue weighted by Crippen LogP contribution is 2.31. The molecule has 1 aromatic carbocycles. The van der Waals surface area contributed by atoms with Crippen LogP contribution in [0.3, 0.4) is 0 Å². The molecule has 4 nitrogen and oxygen atoms in total. The fraction of sp³-hybridized carbons (Fsp3) is 0.417. The van der Waals surface area contributed by atoms with Gasteiger partial charge in [-0.2, -0.15) is 0 Å². The number of methoxy groups -OCH3 is 1. The Bertz CT molecular complexity index is 388. The number of alkyl carbamates (subject to hydrolysis) is 1. The van der Waals surface area contributed by atoms with E-state index >= 15 is 0 Å². The summed E-state index contributed by atoms with van der Waals surface area (Å²) in [7, 11) is 1.63. The van der Waals surface area contributed by atoms with Crippen molar-refractivity contribution >= 4 is 6.09 Å². The van der Waals surface area contributed by atoms with Crippen LogP contribution in [0, 0.1) is 0 Å². The SMILES string of the molecule is COc1ccc(C2(C)CCNC(=O)O2)cc1. The highest BCUT2D eigenvalue weighted by molar-refractivity contribution is 5.68. The lowest BCUT2D eigenvalue weighted by molar-refractivity contribution is -0.00275. The quantitative estimate of drug-likeness (QED) is 0.831. The van der Waals surface area contributed by atoms with Crippen molar-refractivity contribution in [3.05, 3.63) is 29.8 Å². The molecule has 0 radical (unpaired) electrons. The average Bonchev–Trinajstić information content (AvgIpc) is 2.29. The number of ether oxygens (including phenoxy) is 2. The van der Waals surface area contributed by atoms with Crippen molar-refractivity contribution in [3.8, 4) is 5.75 Å². The summed E-state index contributed by atoms with van der Waals surface area (Å²) in [5.41, 5.74) is 0.456. The number of rotatable bonds is 2. The van der Waals surface area contributed by atoms with Crippen molar-refractivity contribution in [1.82, 2.24) is 5.32 Å². The van der Waals surface area contributed by atoms with Crippen LogP contribution in [0.2, 0.25) is 0 Å². The number of nitrogens with one attached hydrogen (secondary N) is 1. The molecule has 1 aliphatic heterocycles. The minimum atomic E-state index is -0.533. The van der Waals surface area contributed by atoms with E-state index in [0.717, 1.165) is 17.7 Å². The Kier molecular flexibility index (Phi) is 2.73. The molecule has 0 aromatic heterocycles. The van der Waals surface area contributed by atoms with Crippen molar-refractivity contribution in [2.45, 2.75) is 18.9 Å². The van der Waals surface area contributed by atoms with Crippen LogP contribution < -0.4 is 10.1 Å². The smallest absolute Gasteiger partial charge is 0.408 e. The Morgan fingerprint density at radius 1 is 1.38 bits per heavy atom. The van der Waals surface area contributed by atoms with Gasteiger partial charge in [-0.05, 0) is 24.6 Å². The van der Waals surface area contributed by atoms with Gasteiger partial charge in [0.1, 0.15) is 11.4 Å². The molecular weight excluding hydrogens is 206 g/mol. The summed E-state index contributed by atoms with van der Waals surface area (Å²) in [6.45, 7) is 2.56. The van der Waals surface area contributed by atoms with Crippen LogP contribution in [0.5, 0.6) is 5.75 Å². The largest absolute Gasteiger partial charge is 0.497 e. The summed E-state index contributed by atoms with van der Waals surface area (Å²) in [4.78, 5) is 11.2. The molecule has 1 amide bonds. The zero-order valence-corrected chi connectivity index (χ0v) is 9.45. The van der Waals surface area contributed by atoms with E-state index in [2.05, 4.69) is 5.32 Å². The van der Waals surface area contributed by atoms with Crippen molar-refractivity contribution in [2.24, 2.45) is 0 Å². The van der Waals surface area contributed by atoms with E-state index in [1.54, 1.807) is 7.11 Å². The highest BCUT2D eigenvalue weighted by Gasteiger charge is 2.34. The van der Waals surface area contributed by atoms with E-state index in [0.29, 0.717) is 6.54 Å². The summed E-state index contributed by atoms with van der Waals surface area (Å²) < 4.78 is 10.4. The molecule has 0 saturated carbocycles. The Balaban J connectivity index is 2.24. The molecule has 1 atom stereocenters. The van der Waals surface area contributed by atoms with E-state index in [9.17, 15) is 4.79 Å². The first-order valence-corrected chi connectivity index (χ1v) is 5.25. The van der Waals surface area contributed by atoms with E-state index in [4.69, 9.17) is 9.47 Å². The lowest BCUT2D eigenvalue weighted by atomic mass is 9.91. The number of hydrogen-bond donors (Lipinski definition) is 1. The number of carbonyl (C=O) groups is 1. The molecule has 0 spiro atoms. The Hall–Kier alpha value is -1.71. The third kappa shape index (κ3) is 1.96. The van der Waals surface area contributed by atoms with Crippen molar-refractivity contribution in [3.63, 3.8) is 0 Å². The highest BCUT2D eigenvalue weighted by atomic mass is 16.6. The van der Waals surface area contributed by atoms with Gasteiger partial charge in [0.15, 0.2) is 0 Å². The topological polar surface area (TPSA) is 47.6 Å².